The van der Waals surface area contributed by atoms with Crippen LogP contribution in [-0.4, -0.2) is 11.7 Å². The minimum absolute atomic E-state index is 0.0233. The largest absolute Gasteiger partial charge is 0.489 e. The van der Waals surface area contributed by atoms with Crippen LogP contribution in [0.25, 0.3) is 0 Å². The summed E-state index contributed by atoms with van der Waals surface area (Å²) in [6.07, 6.45) is 1.54. The number of amides is 1. The lowest BCUT2D eigenvalue weighted by Gasteiger charge is -2.37. The van der Waals surface area contributed by atoms with Gasteiger partial charge in [-0.3, -0.25) is 9.59 Å². The van der Waals surface area contributed by atoms with Gasteiger partial charge in [0.15, 0.2) is 5.78 Å². The minimum atomic E-state index is -0.201. The number of hydrogen-bond donors (Lipinski definition) is 1. The molecule has 1 aliphatic heterocycles. The van der Waals surface area contributed by atoms with Crippen LogP contribution in [0.5, 0.6) is 5.75 Å². The average molecular weight is 375 g/mol. The lowest BCUT2D eigenvalue weighted by molar-refractivity contribution is -0.122. The maximum absolute atomic E-state index is 12.9. The Balaban J connectivity index is 1.61. The van der Waals surface area contributed by atoms with Gasteiger partial charge in [0.1, 0.15) is 12.4 Å². The van der Waals surface area contributed by atoms with Gasteiger partial charge in [-0.2, -0.15) is 0 Å². The van der Waals surface area contributed by atoms with Crippen molar-refractivity contribution in [1.82, 2.24) is 5.32 Å². The molecule has 1 heterocycles. The molecule has 2 aliphatic rings. The fourth-order valence-electron chi connectivity index (χ4n) is 4.20. The highest BCUT2D eigenvalue weighted by Crippen LogP contribution is 2.44. The van der Waals surface area contributed by atoms with Gasteiger partial charge < -0.3 is 10.1 Å². The van der Waals surface area contributed by atoms with E-state index in [2.05, 4.69) is 19.2 Å². The molecule has 0 fully saturated rings. The molecular formula is C24H25NO3. The molecule has 144 valence electrons. The molecule has 0 saturated heterocycles. The Bertz CT molecular complexity index is 943. The molecule has 1 amide bonds. The van der Waals surface area contributed by atoms with Crippen LogP contribution in [0, 0.1) is 5.41 Å². The number of ether oxygens (including phenoxy) is 1. The normalized spacial score (nSPS) is 21.1. The molecule has 1 N–H and O–H groups in total. The fourth-order valence-corrected chi connectivity index (χ4v) is 4.20. The Hall–Kier alpha value is -2.88. The van der Waals surface area contributed by atoms with E-state index in [1.54, 1.807) is 0 Å². The smallest absolute Gasteiger partial charge is 0.225 e. The number of carbonyl (C=O) groups is 2. The van der Waals surface area contributed by atoms with Crippen LogP contribution in [0.1, 0.15) is 50.2 Å². The Morgan fingerprint density at radius 2 is 1.82 bits per heavy atom. The van der Waals surface area contributed by atoms with Gasteiger partial charge in [-0.25, -0.2) is 0 Å². The summed E-state index contributed by atoms with van der Waals surface area (Å²) in [5, 5.41) is 2.95. The number of ketones is 1. The summed E-state index contributed by atoms with van der Waals surface area (Å²) in [6.45, 7) is 4.63. The summed E-state index contributed by atoms with van der Waals surface area (Å²) in [6, 6.07) is 17.8. The first-order chi connectivity index (χ1) is 13.4. The van der Waals surface area contributed by atoms with Crippen molar-refractivity contribution < 1.29 is 14.3 Å². The molecule has 2 aromatic rings. The van der Waals surface area contributed by atoms with E-state index >= 15 is 0 Å². The van der Waals surface area contributed by atoms with Crippen molar-refractivity contribution >= 4 is 11.7 Å². The Labute approximate surface area is 165 Å². The number of hydrogen-bond acceptors (Lipinski definition) is 3. The molecule has 1 atom stereocenters. The van der Waals surface area contributed by atoms with E-state index in [1.165, 1.54) is 0 Å². The number of carbonyl (C=O) groups excluding carboxylic acids is 2. The Morgan fingerprint density at radius 3 is 2.61 bits per heavy atom. The van der Waals surface area contributed by atoms with Crippen LogP contribution >= 0.6 is 0 Å². The van der Waals surface area contributed by atoms with Gasteiger partial charge in [0.25, 0.3) is 0 Å². The number of rotatable bonds is 4. The fraction of sp³-hybridized carbons (Fsp3) is 0.333. The third-order valence-corrected chi connectivity index (χ3v) is 5.46. The maximum atomic E-state index is 12.9. The van der Waals surface area contributed by atoms with Crippen LogP contribution in [0.3, 0.4) is 0 Å². The van der Waals surface area contributed by atoms with Gasteiger partial charge in [0.2, 0.25) is 5.91 Å². The van der Waals surface area contributed by atoms with E-state index in [4.69, 9.17) is 4.74 Å². The molecule has 4 rings (SSSR count). The standard InChI is InChI=1S/C24H25NO3/c1-24(2)13-20-23(21(26)14-24)19(12-22(27)25-20)17-9-6-10-18(11-17)28-15-16-7-4-3-5-8-16/h3-11,19H,12-15H2,1-2H3,(H,25,27). The van der Waals surface area contributed by atoms with Gasteiger partial charge in [-0.1, -0.05) is 56.3 Å². The van der Waals surface area contributed by atoms with E-state index in [0.29, 0.717) is 19.4 Å². The first-order valence-electron chi connectivity index (χ1n) is 9.74. The third kappa shape index (κ3) is 3.86. The quantitative estimate of drug-likeness (QED) is 0.855. The molecule has 28 heavy (non-hydrogen) atoms. The zero-order valence-electron chi connectivity index (χ0n) is 16.3. The van der Waals surface area contributed by atoms with E-state index < -0.39 is 0 Å². The lowest BCUT2D eigenvalue weighted by atomic mass is 9.70. The van der Waals surface area contributed by atoms with E-state index in [9.17, 15) is 9.59 Å². The summed E-state index contributed by atoms with van der Waals surface area (Å²) in [5.41, 5.74) is 3.52. The highest BCUT2D eigenvalue weighted by molar-refractivity contribution is 6.02. The molecule has 1 aliphatic carbocycles. The summed E-state index contributed by atoms with van der Waals surface area (Å²) in [7, 11) is 0. The van der Waals surface area contributed by atoms with E-state index in [1.807, 2.05) is 54.6 Å². The SMILES string of the molecule is CC1(C)CC(=O)C2=C(C1)NC(=O)CC2c1cccc(OCc2ccccc2)c1. The first-order valence-corrected chi connectivity index (χ1v) is 9.74. The number of Topliss-reactive ketones (excluding diaryl/α,β-unsaturated/α-hetero) is 1. The molecule has 0 spiro atoms. The second-order valence-electron chi connectivity index (χ2n) is 8.48. The molecule has 0 aromatic heterocycles. The molecule has 4 heteroatoms. The monoisotopic (exact) mass is 375 g/mol. The summed E-state index contributed by atoms with van der Waals surface area (Å²) < 4.78 is 5.94. The summed E-state index contributed by atoms with van der Waals surface area (Å²) in [5.74, 6) is 0.669. The predicted molar refractivity (Wildman–Crippen MR) is 108 cm³/mol. The summed E-state index contributed by atoms with van der Waals surface area (Å²) in [4.78, 5) is 25.2. The van der Waals surface area contributed by atoms with Crippen molar-refractivity contribution in [2.45, 2.75) is 45.6 Å². The lowest BCUT2D eigenvalue weighted by Crippen LogP contribution is -2.40. The van der Waals surface area contributed by atoms with E-state index in [-0.39, 0.29) is 23.0 Å². The van der Waals surface area contributed by atoms with Crippen LogP contribution in [0.2, 0.25) is 0 Å². The van der Waals surface area contributed by atoms with Crippen LogP contribution < -0.4 is 10.1 Å². The van der Waals surface area contributed by atoms with Crippen LogP contribution in [-0.2, 0) is 16.2 Å². The molecule has 0 saturated carbocycles. The van der Waals surface area contributed by atoms with Crippen LogP contribution in [0.4, 0.5) is 0 Å². The van der Waals surface area contributed by atoms with Gasteiger partial charge in [0, 0.05) is 30.0 Å². The van der Waals surface area contributed by atoms with Crippen molar-refractivity contribution in [3.63, 3.8) is 0 Å². The Morgan fingerprint density at radius 1 is 1.04 bits per heavy atom. The molecule has 4 nitrogen and oxygen atoms in total. The van der Waals surface area contributed by atoms with Crippen molar-refractivity contribution in [3.05, 3.63) is 77.0 Å². The number of allylic oxidation sites excluding steroid dienone is 2. The molecule has 2 aromatic carbocycles. The van der Waals surface area contributed by atoms with Gasteiger partial charge in [-0.15, -0.1) is 0 Å². The topological polar surface area (TPSA) is 55.4 Å². The average Bonchev–Trinajstić information content (AvgIpc) is 2.65. The van der Waals surface area contributed by atoms with Crippen LogP contribution in [0.15, 0.2) is 65.9 Å². The first kappa shape index (κ1) is 18.5. The highest BCUT2D eigenvalue weighted by atomic mass is 16.5. The second-order valence-corrected chi connectivity index (χ2v) is 8.48. The number of nitrogens with one attached hydrogen (secondary N) is 1. The van der Waals surface area contributed by atoms with Crippen molar-refractivity contribution in [3.8, 4) is 5.75 Å². The van der Waals surface area contributed by atoms with Gasteiger partial charge in [-0.05, 0) is 35.1 Å². The van der Waals surface area contributed by atoms with Crippen molar-refractivity contribution in [1.29, 1.82) is 0 Å². The van der Waals surface area contributed by atoms with Gasteiger partial charge >= 0.3 is 0 Å². The van der Waals surface area contributed by atoms with Crippen molar-refractivity contribution in [2.75, 3.05) is 0 Å². The Kier molecular flexibility index (Phi) is 4.80. The van der Waals surface area contributed by atoms with Gasteiger partial charge in [0.05, 0.1) is 0 Å². The van der Waals surface area contributed by atoms with Crippen molar-refractivity contribution in [2.24, 2.45) is 5.41 Å². The zero-order valence-corrected chi connectivity index (χ0v) is 16.3. The number of benzene rings is 2. The predicted octanol–water partition coefficient (Wildman–Crippen LogP) is 4.51. The highest BCUT2D eigenvalue weighted by Gasteiger charge is 2.40. The molecule has 1 unspecified atom stereocenters. The van der Waals surface area contributed by atoms with E-state index in [0.717, 1.165) is 34.6 Å². The third-order valence-electron chi connectivity index (χ3n) is 5.46. The second kappa shape index (κ2) is 7.27. The minimum Gasteiger partial charge on any atom is -0.489 e. The molecule has 0 bridgehead atoms. The summed E-state index contributed by atoms with van der Waals surface area (Å²) >= 11 is 0. The molecule has 0 radical (unpaired) electrons. The zero-order chi connectivity index (χ0) is 19.7. The maximum Gasteiger partial charge on any atom is 0.225 e. The molecular weight excluding hydrogens is 350 g/mol.